The highest BCUT2D eigenvalue weighted by molar-refractivity contribution is 5.81. The summed E-state index contributed by atoms with van der Waals surface area (Å²) in [6, 6.07) is 11.8. The Hall–Kier alpha value is -2.30. The predicted octanol–water partition coefficient (Wildman–Crippen LogP) is 6.00. The van der Waals surface area contributed by atoms with Crippen molar-refractivity contribution in [1.82, 2.24) is 9.55 Å². The van der Waals surface area contributed by atoms with Gasteiger partial charge in [-0.25, -0.2) is 4.98 Å². The fourth-order valence-electron chi connectivity index (χ4n) is 2.81. The van der Waals surface area contributed by atoms with Crippen LogP contribution in [-0.4, -0.2) is 9.55 Å². The normalized spacial score (nSPS) is 13.4. The van der Waals surface area contributed by atoms with E-state index in [9.17, 15) is 13.2 Å². The maximum absolute atomic E-state index is 13.0. The average Bonchev–Trinajstić information content (AvgIpc) is 2.92. The molecule has 0 N–H and O–H groups in total. The molecule has 0 radical (unpaired) electrons. The van der Waals surface area contributed by atoms with Gasteiger partial charge in [0.2, 0.25) is 0 Å². The third-order valence-corrected chi connectivity index (χ3v) is 4.36. The minimum absolute atomic E-state index is 0.142. The number of halogens is 3. The van der Waals surface area contributed by atoms with Gasteiger partial charge in [-0.2, -0.15) is 13.2 Å². The van der Waals surface area contributed by atoms with Crippen LogP contribution in [0.4, 0.5) is 13.2 Å². The molecule has 2 aromatic carbocycles. The second-order valence-corrected chi connectivity index (χ2v) is 6.13. The van der Waals surface area contributed by atoms with Crippen molar-refractivity contribution in [1.29, 1.82) is 0 Å². The van der Waals surface area contributed by atoms with Crippen molar-refractivity contribution < 1.29 is 13.2 Å². The van der Waals surface area contributed by atoms with E-state index in [1.807, 2.05) is 35.8 Å². The molecule has 0 aliphatic heterocycles. The van der Waals surface area contributed by atoms with E-state index in [1.165, 1.54) is 6.07 Å². The number of alkyl halides is 3. The fourth-order valence-corrected chi connectivity index (χ4v) is 2.81. The first-order valence-corrected chi connectivity index (χ1v) is 7.97. The molecule has 24 heavy (non-hydrogen) atoms. The third kappa shape index (κ3) is 2.90. The minimum atomic E-state index is -4.36. The number of rotatable bonds is 3. The van der Waals surface area contributed by atoms with Gasteiger partial charge in [-0.3, -0.25) is 0 Å². The molecule has 1 atom stereocenters. The zero-order valence-corrected chi connectivity index (χ0v) is 13.9. The molecule has 3 rings (SSSR count). The minimum Gasteiger partial charge on any atom is -0.321 e. The van der Waals surface area contributed by atoms with E-state index in [2.05, 4.69) is 18.8 Å². The quantitative estimate of drug-likeness (QED) is 0.575. The maximum atomic E-state index is 13.0. The molecule has 0 fully saturated rings. The molecule has 5 heteroatoms. The van der Waals surface area contributed by atoms with Gasteiger partial charge in [-0.1, -0.05) is 36.8 Å². The van der Waals surface area contributed by atoms with Crippen molar-refractivity contribution in [2.24, 2.45) is 0 Å². The number of fused-ring (bicyclic) bond motifs is 1. The lowest BCUT2D eigenvalue weighted by molar-refractivity contribution is -0.137. The molecule has 0 saturated heterocycles. The van der Waals surface area contributed by atoms with E-state index >= 15 is 0 Å². The van der Waals surface area contributed by atoms with E-state index in [0.29, 0.717) is 11.3 Å². The standard InChI is InChI=1S/C19H19F3N2/c1-4-13(3)24-17-10-9-15(19(20,21)22)11-16(17)23-18(24)14-7-5-12(2)6-8-14/h5-11,13H,4H2,1-3H3. The van der Waals surface area contributed by atoms with Crippen LogP contribution in [0.15, 0.2) is 42.5 Å². The lowest BCUT2D eigenvalue weighted by atomic mass is 10.1. The summed E-state index contributed by atoms with van der Waals surface area (Å²) >= 11 is 0. The summed E-state index contributed by atoms with van der Waals surface area (Å²) in [6.07, 6.45) is -3.50. The van der Waals surface area contributed by atoms with E-state index in [1.54, 1.807) is 0 Å². The molecule has 2 nitrogen and oxygen atoms in total. The van der Waals surface area contributed by atoms with Crippen LogP contribution < -0.4 is 0 Å². The number of benzene rings is 2. The highest BCUT2D eigenvalue weighted by atomic mass is 19.4. The van der Waals surface area contributed by atoms with Gasteiger partial charge >= 0.3 is 6.18 Å². The van der Waals surface area contributed by atoms with Crippen molar-refractivity contribution in [3.8, 4) is 11.4 Å². The summed E-state index contributed by atoms with van der Waals surface area (Å²) in [7, 11) is 0. The highest BCUT2D eigenvalue weighted by Crippen LogP contribution is 2.34. The first-order valence-electron chi connectivity index (χ1n) is 7.97. The number of aryl methyl sites for hydroxylation is 1. The lowest BCUT2D eigenvalue weighted by Crippen LogP contribution is -2.07. The molecule has 126 valence electrons. The van der Waals surface area contributed by atoms with Gasteiger partial charge in [-0.15, -0.1) is 0 Å². The summed E-state index contributed by atoms with van der Waals surface area (Å²) in [5.74, 6) is 0.707. The van der Waals surface area contributed by atoms with Gasteiger partial charge < -0.3 is 4.57 Å². The Bertz CT molecular complexity index is 861. The second-order valence-electron chi connectivity index (χ2n) is 6.13. The molecule has 0 saturated carbocycles. The number of aromatic nitrogens is 2. The molecule has 0 amide bonds. The Morgan fingerprint density at radius 1 is 1.08 bits per heavy atom. The Morgan fingerprint density at radius 3 is 2.33 bits per heavy atom. The molecule has 1 unspecified atom stereocenters. The third-order valence-electron chi connectivity index (χ3n) is 4.36. The van der Waals surface area contributed by atoms with Gasteiger partial charge in [-0.05, 0) is 38.5 Å². The number of nitrogens with zero attached hydrogens (tertiary/aromatic N) is 2. The Balaban J connectivity index is 2.25. The largest absolute Gasteiger partial charge is 0.416 e. The van der Waals surface area contributed by atoms with Gasteiger partial charge in [0, 0.05) is 11.6 Å². The fraction of sp³-hybridized carbons (Fsp3) is 0.316. The van der Waals surface area contributed by atoms with E-state index < -0.39 is 11.7 Å². The first kappa shape index (κ1) is 16.6. The van der Waals surface area contributed by atoms with Gasteiger partial charge in [0.05, 0.1) is 16.6 Å². The molecule has 0 aliphatic rings. The number of hydrogen-bond acceptors (Lipinski definition) is 1. The van der Waals surface area contributed by atoms with Crippen molar-refractivity contribution in [3.63, 3.8) is 0 Å². The maximum Gasteiger partial charge on any atom is 0.416 e. The molecule has 1 heterocycles. The SMILES string of the molecule is CCC(C)n1c(-c2ccc(C)cc2)nc2cc(C(F)(F)F)ccc21. The Kier molecular flexibility index (Phi) is 4.11. The van der Waals surface area contributed by atoms with Crippen LogP contribution in [0.2, 0.25) is 0 Å². The molecule has 3 aromatic rings. The predicted molar refractivity (Wildman–Crippen MR) is 89.9 cm³/mol. The average molecular weight is 332 g/mol. The molecule has 0 aliphatic carbocycles. The van der Waals surface area contributed by atoms with Crippen LogP contribution in [-0.2, 0) is 6.18 Å². The van der Waals surface area contributed by atoms with Crippen LogP contribution >= 0.6 is 0 Å². The van der Waals surface area contributed by atoms with Gasteiger partial charge in [0.25, 0.3) is 0 Å². The number of imidazole rings is 1. The monoisotopic (exact) mass is 332 g/mol. The van der Waals surface area contributed by atoms with Crippen molar-refractivity contribution in [2.75, 3.05) is 0 Å². The van der Waals surface area contributed by atoms with Gasteiger partial charge in [0.1, 0.15) is 5.82 Å². The van der Waals surface area contributed by atoms with E-state index in [0.717, 1.165) is 35.2 Å². The topological polar surface area (TPSA) is 17.8 Å². The van der Waals surface area contributed by atoms with Crippen LogP contribution in [0.3, 0.4) is 0 Å². The molecule has 0 bridgehead atoms. The summed E-state index contributed by atoms with van der Waals surface area (Å²) in [5, 5.41) is 0. The zero-order chi connectivity index (χ0) is 17.5. The molecule has 1 aromatic heterocycles. The van der Waals surface area contributed by atoms with E-state index in [-0.39, 0.29) is 6.04 Å². The number of hydrogen-bond donors (Lipinski definition) is 0. The van der Waals surface area contributed by atoms with Crippen molar-refractivity contribution in [3.05, 3.63) is 53.6 Å². The lowest BCUT2D eigenvalue weighted by Gasteiger charge is -2.16. The highest BCUT2D eigenvalue weighted by Gasteiger charge is 2.31. The smallest absolute Gasteiger partial charge is 0.321 e. The summed E-state index contributed by atoms with van der Waals surface area (Å²) in [6.45, 7) is 6.10. The summed E-state index contributed by atoms with van der Waals surface area (Å²) in [5.41, 5.74) is 2.47. The Morgan fingerprint density at radius 2 is 1.75 bits per heavy atom. The first-order chi connectivity index (χ1) is 11.3. The van der Waals surface area contributed by atoms with Crippen LogP contribution in [0.1, 0.15) is 37.4 Å². The zero-order valence-electron chi connectivity index (χ0n) is 13.9. The Labute approximate surface area is 138 Å². The van der Waals surface area contributed by atoms with Crippen molar-refractivity contribution >= 4 is 11.0 Å². The van der Waals surface area contributed by atoms with Crippen molar-refractivity contribution in [2.45, 2.75) is 39.4 Å². The van der Waals surface area contributed by atoms with Crippen LogP contribution in [0, 0.1) is 6.92 Å². The van der Waals surface area contributed by atoms with Crippen LogP contribution in [0.5, 0.6) is 0 Å². The molecular weight excluding hydrogens is 313 g/mol. The van der Waals surface area contributed by atoms with E-state index in [4.69, 9.17) is 0 Å². The summed E-state index contributed by atoms with van der Waals surface area (Å²) < 4.78 is 41.0. The van der Waals surface area contributed by atoms with Gasteiger partial charge in [0.15, 0.2) is 0 Å². The second kappa shape index (κ2) is 5.96. The van der Waals surface area contributed by atoms with Crippen LogP contribution in [0.25, 0.3) is 22.4 Å². The molecular formula is C19H19F3N2. The summed E-state index contributed by atoms with van der Waals surface area (Å²) in [4.78, 5) is 4.52. The molecule has 0 spiro atoms.